The molecular formula is C15H16ClF3N4OS. The molecule has 5 nitrogen and oxygen atoms in total. The average molecular weight is 393 g/mol. The highest BCUT2D eigenvalue weighted by Gasteiger charge is 2.33. The van der Waals surface area contributed by atoms with Gasteiger partial charge in [-0.05, 0) is 18.2 Å². The minimum Gasteiger partial charge on any atom is -0.492 e. The fourth-order valence-corrected chi connectivity index (χ4v) is 2.72. The summed E-state index contributed by atoms with van der Waals surface area (Å²) in [7, 11) is 1.57. The van der Waals surface area contributed by atoms with E-state index in [1.54, 1.807) is 31.3 Å². The molecular weight excluding hydrogens is 377 g/mol. The summed E-state index contributed by atoms with van der Waals surface area (Å²) in [5.74, 6) is 1.10. The first-order valence-corrected chi connectivity index (χ1v) is 8.48. The molecule has 0 amide bonds. The van der Waals surface area contributed by atoms with Crippen LogP contribution < -0.4 is 15.4 Å². The molecule has 0 aliphatic carbocycles. The number of aromatic nitrogens is 1. The Hall–Kier alpha value is -2.00. The SMILES string of the molecule is CN=C(NCCOc1cccc(Cl)c1)NCc1nc(C(F)(F)F)cs1. The van der Waals surface area contributed by atoms with Gasteiger partial charge >= 0.3 is 6.18 Å². The molecule has 2 N–H and O–H groups in total. The van der Waals surface area contributed by atoms with Crippen LogP contribution in [0.15, 0.2) is 34.6 Å². The predicted octanol–water partition coefficient (Wildman–Crippen LogP) is 3.56. The van der Waals surface area contributed by atoms with E-state index in [9.17, 15) is 13.2 Å². The Labute approximate surface area is 151 Å². The van der Waals surface area contributed by atoms with Gasteiger partial charge in [-0.3, -0.25) is 4.99 Å². The summed E-state index contributed by atoms with van der Waals surface area (Å²) in [6.45, 7) is 0.976. The fourth-order valence-electron chi connectivity index (χ4n) is 1.80. The predicted molar refractivity (Wildman–Crippen MR) is 92.3 cm³/mol. The molecule has 0 aliphatic heterocycles. The molecule has 0 bridgehead atoms. The maximum Gasteiger partial charge on any atom is 0.434 e. The third kappa shape index (κ3) is 6.43. The van der Waals surface area contributed by atoms with E-state index in [-0.39, 0.29) is 6.54 Å². The lowest BCUT2D eigenvalue weighted by atomic mass is 10.3. The zero-order valence-electron chi connectivity index (χ0n) is 13.2. The van der Waals surface area contributed by atoms with Crippen LogP contribution in [0.3, 0.4) is 0 Å². The number of aliphatic imine (C=N–C) groups is 1. The molecule has 0 aliphatic rings. The molecule has 2 rings (SSSR count). The van der Waals surface area contributed by atoms with Gasteiger partial charge in [-0.15, -0.1) is 11.3 Å². The summed E-state index contributed by atoms with van der Waals surface area (Å²) in [4.78, 5) is 7.53. The number of ether oxygens (including phenoxy) is 1. The molecule has 136 valence electrons. The summed E-state index contributed by atoms with van der Waals surface area (Å²) in [5.41, 5.74) is -0.882. The maximum absolute atomic E-state index is 12.5. The Kier molecular flexibility index (Phi) is 6.89. The highest BCUT2D eigenvalue weighted by atomic mass is 35.5. The third-order valence-corrected chi connectivity index (χ3v) is 4.02. The highest BCUT2D eigenvalue weighted by Crippen LogP contribution is 2.29. The minimum absolute atomic E-state index is 0.148. The van der Waals surface area contributed by atoms with Gasteiger partial charge in [0.05, 0.1) is 13.1 Å². The Morgan fingerprint density at radius 2 is 2.16 bits per heavy atom. The molecule has 1 aromatic heterocycles. The molecule has 10 heteroatoms. The van der Waals surface area contributed by atoms with Crippen molar-refractivity contribution in [3.63, 3.8) is 0 Å². The summed E-state index contributed by atoms with van der Waals surface area (Å²) in [5, 5.41) is 7.80. The van der Waals surface area contributed by atoms with Crippen LogP contribution in [0.2, 0.25) is 5.02 Å². The quantitative estimate of drug-likeness (QED) is 0.448. The van der Waals surface area contributed by atoms with Crippen molar-refractivity contribution in [3.8, 4) is 5.75 Å². The van der Waals surface area contributed by atoms with Crippen molar-refractivity contribution in [1.29, 1.82) is 0 Å². The van der Waals surface area contributed by atoms with Crippen molar-refractivity contribution >= 4 is 28.9 Å². The van der Waals surface area contributed by atoms with Gasteiger partial charge in [0.25, 0.3) is 0 Å². The van der Waals surface area contributed by atoms with Crippen molar-refractivity contribution in [2.45, 2.75) is 12.7 Å². The van der Waals surface area contributed by atoms with Crippen molar-refractivity contribution in [2.75, 3.05) is 20.2 Å². The maximum atomic E-state index is 12.5. The zero-order chi connectivity index (χ0) is 18.3. The average Bonchev–Trinajstić information content (AvgIpc) is 3.03. The van der Waals surface area contributed by atoms with Crippen molar-refractivity contribution < 1.29 is 17.9 Å². The Bertz CT molecular complexity index is 721. The van der Waals surface area contributed by atoms with Crippen LogP contribution >= 0.6 is 22.9 Å². The van der Waals surface area contributed by atoms with Crippen molar-refractivity contribution in [2.24, 2.45) is 4.99 Å². The summed E-state index contributed by atoms with van der Waals surface area (Å²) in [6, 6.07) is 7.03. The van der Waals surface area contributed by atoms with Crippen LogP contribution in [-0.4, -0.2) is 31.1 Å². The minimum atomic E-state index is -4.42. The molecule has 0 saturated carbocycles. The van der Waals surface area contributed by atoms with E-state index in [2.05, 4.69) is 20.6 Å². The Morgan fingerprint density at radius 3 is 2.80 bits per heavy atom. The third-order valence-electron chi connectivity index (χ3n) is 2.93. The number of hydrogen-bond donors (Lipinski definition) is 2. The van der Waals surface area contributed by atoms with E-state index in [0.29, 0.717) is 34.9 Å². The fraction of sp³-hybridized carbons (Fsp3) is 0.333. The monoisotopic (exact) mass is 392 g/mol. The molecule has 0 fully saturated rings. The Balaban J connectivity index is 1.73. The second-order valence-corrected chi connectivity index (χ2v) is 6.16. The van der Waals surface area contributed by atoms with Crippen LogP contribution in [0, 0.1) is 0 Å². The summed E-state index contributed by atoms with van der Waals surface area (Å²) < 4.78 is 43.0. The number of alkyl halides is 3. The standard InChI is InChI=1S/C15H16ClF3N4OS/c1-20-14(21-5-6-24-11-4-2-3-10(16)7-11)22-8-13-23-12(9-25-13)15(17,18)19/h2-4,7,9H,5-6,8H2,1H3,(H2,20,21,22). The molecule has 0 unspecified atom stereocenters. The topological polar surface area (TPSA) is 58.5 Å². The number of nitrogens with zero attached hydrogens (tertiary/aromatic N) is 2. The lowest BCUT2D eigenvalue weighted by Crippen LogP contribution is -2.38. The van der Waals surface area contributed by atoms with Gasteiger partial charge in [0.2, 0.25) is 0 Å². The highest BCUT2D eigenvalue weighted by molar-refractivity contribution is 7.09. The van der Waals surface area contributed by atoms with Gasteiger partial charge in [0, 0.05) is 17.5 Å². The largest absolute Gasteiger partial charge is 0.492 e. The normalized spacial score (nSPS) is 12.1. The first kappa shape index (κ1) is 19.3. The number of hydrogen-bond acceptors (Lipinski definition) is 4. The van der Waals surface area contributed by atoms with Gasteiger partial charge in [0.15, 0.2) is 11.7 Å². The molecule has 1 aromatic carbocycles. The van der Waals surface area contributed by atoms with Crippen LogP contribution in [0.25, 0.3) is 0 Å². The second-order valence-electron chi connectivity index (χ2n) is 4.78. The van der Waals surface area contributed by atoms with Gasteiger partial charge in [0.1, 0.15) is 17.4 Å². The molecule has 1 heterocycles. The molecule has 0 radical (unpaired) electrons. The molecule has 0 saturated heterocycles. The number of nitrogens with one attached hydrogen (secondary N) is 2. The lowest BCUT2D eigenvalue weighted by molar-refractivity contribution is -0.140. The number of halogens is 4. The van der Waals surface area contributed by atoms with Crippen LogP contribution in [0.5, 0.6) is 5.75 Å². The van der Waals surface area contributed by atoms with Crippen LogP contribution in [0.4, 0.5) is 13.2 Å². The van der Waals surface area contributed by atoms with E-state index < -0.39 is 11.9 Å². The first-order valence-electron chi connectivity index (χ1n) is 7.23. The summed E-state index contributed by atoms with van der Waals surface area (Å²) in [6.07, 6.45) is -4.42. The zero-order valence-corrected chi connectivity index (χ0v) is 14.8. The van der Waals surface area contributed by atoms with Gasteiger partial charge in [-0.1, -0.05) is 17.7 Å². The summed E-state index contributed by atoms with van der Waals surface area (Å²) >= 11 is 6.80. The molecule has 0 atom stereocenters. The van der Waals surface area contributed by atoms with Gasteiger partial charge in [-0.25, -0.2) is 4.98 Å². The van der Waals surface area contributed by atoms with E-state index in [4.69, 9.17) is 16.3 Å². The van der Waals surface area contributed by atoms with E-state index >= 15 is 0 Å². The number of thiazole rings is 1. The first-order chi connectivity index (χ1) is 11.9. The van der Waals surface area contributed by atoms with Gasteiger partial charge in [-0.2, -0.15) is 13.2 Å². The number of benzene rings is 1. The Morgan fingerprint density at radius 1 is 1.36 bits per heavy atom. The van der Waals surface area contributed by atoms with Crippen molar-refractivity contribution in [3.05, 3.63) is 45.4 Å². The van der Waals surface area contributed by atoms with E-state index in [0.717, 1.165) is 16.7 Å². The molecule has 0 spiro atoms. The number of rotatable bonds is 6. The lowest BCUT2D eigenvalue weighted by Gasteiger charge is -2.11. The van der Waals surface area contributed by atoms with Crippen LogP contribution in [0.1, 0.15) is 10.7 Å². The molecule has 25 heavy (non-hydrogen) atoms. The van der Waals surface area contributed by atoms with Crippen LogP contribution in [-0.2, 0) is 12.7 Å². The van der Waals surface area contributed by atoms with E-state index in [1.807, 2.05) is 0 Å². The molecule has 2 aromatic rings. The second kappa shape index (κ2) is 8.91. The van der Waals surface area contributed by atoms with E-state index in [1.165, 1.54) is 0 Å². The number of guanidine groups is 1. The van der Waals surface area contributed by atoms with Gasteiger partial charge < -0.3 is 15.4 Å². The van der Waals surface area contributed by atoms with Crippen molar-refractivity contribution in [1.82, 2.24) is 15.6 Å². The smallest absolute Gasteiger partial charge is 0.434 e.